The van der Waals surface area contributed by atoms with Crippen LogP contribution >= 0.6 is 11.3 Å². The maximum Gasteiger partial charge on any atom is 0.258 e. The molecule has 0 aliphatic carbocycles. The third-order valence-corrected chi connectivity index (χ3v) is 5.40. The van der Waals surface area contributed by atoms with Crippen LogP contribution in [0.25, 0.3) is 0 Å². The Morgan fingerprint density at radius 3 is 2.71 bits per heavy atom. The van der Waals surface area contributed by atoms with Crippen LogP contribution in [0.2, 0.25) is 0 Å². The molecule has 1 aliphatic rings. The van der Waals surface area contributed by atoms with Gasteiger partial charge in [-0.25, -0.2) is 0 Å². The molecule has 1 saturated heterocycles. The van der Waals surface area contributed by atoms with E-state index in [0.717, 1.165) is 12.3 Å². The van der Waals surface area contributed by atoms with E-state index < -0.39 is 0 Å². The minimum absolute atomic E-state index is 0.0169. The summed E-state index contributed by atoms with van der Waals surface area (Å²) < 4.78 is 11.2. The number of piperidine rings is 1. The number of carbonyl (C=O) groups is 1. The Labute approximate surface area is 171 Å². The molecule has 1 amide bonds. The van der Waals surface area contributed by atoms with Crippen molar-refractivity contribution in [1.29, 1.82) is 0 Å². The summed E-state index contributed by atoms with van der Waals surface area (Å²) in [6, 6.07) is 11.4. The van der Waals surface area contributed by atoms with Gasteiger partial charge in [-0.2, -0.15) is 0 Å². The van der Waals surface area contributed by atoms with Gasteiger partial charge in [0.25, 0.3) is 5.91 Å². The average Bonchev–Trinajstić information content (AvgIpc) is 3.17. The van der Waals surface area contributed by atoms with Gasteiger partial charge in [0, 0.05) is 23.3 Å². The summed E-state index contributed by atoms with van der Waals surface area (Å²) in [4.78, 5) is 15.6. The van der Waals surface area contributed by atoms with Crippen LogP contribution in [-0.2, 0) is 11.3 Å². The van der Waals surface area contributed by atoms with Crippen LogP contribution < -0.4 is 14.8 Å². The Bertz CT molecular complexity index is 739. The van der Waals surface area contributed by atoms with Crippen LogP contribution in [0, 0.1) is 0 Å². The molecule has 0 atom stereocenters. The largest absolute Gasteiger partial charge is 0.489 e. The van der Waals surface area contributed by atoms with Crippen molar-refractivity contribution in [3.8, 4) is 11.5 Å². The van der Waals surface area contributed by atoms with Gasteiger partial charge in [0.15, 0.2) is 6.61 Å². The number of rotatable bonds is 10. The van der Waals surface area contributed by atoms with Crippen molar-refractivity contribution in [3.05, 3.63) is 58.8 Å². The monoisotopic (exact) mass is 400 g/mol. The molecule has 5 nitrogen and oxygen atoms in total. The molecule has 1 N–H and O–H groups in total. The summed E-state index contributed by atoms with van der Waals surface area (Å²) in [5.41, 5.74) is 0. The second-order valence-corrected chi connectivity index (χ2v) is 7.77. The van der Waals surface area contributed by atoms with E-state index in [2.05, 4.69) is 21.7 Å². The van der Waals surface area contributed by atoms with E-state index in [1.165, 1.54) is 37.2 Å². The molecule has 0 unspecified atom stereocenters. The maximum absolute atomic E-state index is 11.7. The van der Waals surface area contributed by atoms with Gasteiger partial charge >= 0.3 is 0 Å². The lowest BCUT2D eigenvalue weighted by Crippen LogP contribution is -2.28. The van der Waals surface area contributed by atoms with Crippen molar-refractivity contribution in [2.45, 2.75) is 25.8 Å². The van der Waals surface area contributed by atoms with Crippen molar-refractivity contribution < 1.29 is 14.3 Å². The number of ether oxygens (including phenoxy) is 2. The molecule has 1 aromatic carbocycles. The number of carbonyl (C=O) groups excluding carboxylic acids is 1. The number of thiophene rings is 1. The van der Waals surface area contributed by atoms with E-state index in [-0.39, 0.29) is 12.5 Å². The minimum Gasteiger partial charge on any atom is -0.489 e. The molecule has 0 bridgehead atoms. The smallest absolute Gasteiger partial charge is 0.258 e. The first kappa shape index (κ1) is 20.4. The Hall–Kier alpha value is -2.31. The number of likely N-dealkylation sites (tertiary alicyclic amines) is 1. The summed E-state index contributed by atoms with van der Waals surface area (Å²) in [5, 5.41) is 4.86. The molecule has 0 saturated carbocycles. The fourth-order valence-electron chi connectivity index (χ4n) is 3.04. The van der Waals surface area contributed by atoms with E-state index >= 15 is 0 Å². The molecule has 0 radical (unpaired) electrons. The van der Waals surface area contributed by atoms with Gasteiger partial charge in [0.1, 0.15) is 18.1 Å². The topological polar surface area (TPSA) is 50.8 Å². The molecule has 3 rings (SSSR count). The second-order valence-electron chi connectivity index (χ2n) is 6.77. The van der Waals surface area contributed by atoms with E-state index in [1.54, 1.807) is 11.3 Å². The molecule has 28 heavy (non-hydrogen) atoms. The van der Waals surface area contributed by atoms with Crippen LogP contribution in [0.5, 0.6) is 11.5 Å². The summed E-state index contributed by atoms with van der Waals surface area (Å²) in [5.74, 6) is 1.47. The van der Waals surface area contributed by atoms with Crippen molar-refractivity contribution in [1.82, 2.24) is 10.2 Å². The highest BCUT2D eigenvalue weighted by atomic mass is 32.1. The zero-order valence-electron chi connectivity index (χ0n) is 16.1. The van der Waals surface area contributed by atoms with Gasteiger partial charge in [-0.1, -0.05) is 30.7 Å². The predicted octanol–water partition coefficient (Wildman–Crippen LogP) is 3.86. The molecule has 1 fully saturated rings. The summed E-state index contributed by atoms with van der Waals surface area (Å²) >= 11 is 1.76. The Kier molecular flexibility index (Phi) is 8.40. The fourth-order valence-corrected chi connectivity index (χ4v) is 3.89. The van der Waals surface area contributed by atoms with Crippen molar-refractivity contribution in [3.63, 3.8) is 0 Å². The first-order valence-corrected chi connectivity index (χ1v) is 10.7. The molecular weight excluding hydrogens is 372 g/mol. The number of para-hydroxylation sites is 1. The quantitative estimate of drug-likeness (QED) is 0.615. The zero-order chi connectivity index (χ0) is 19.4. The number of hydrogen-bond donors (Lipinski definition) is 1. The van der Waals surface area contributed by atoms with Gasteiger partial charge in [-0.05, 0) is 50.2 Å². The molecule has 0 spiro atoms. The Morgan fingerprint density at radius 1 is 1.07 bits per heavy atom. The summed E-state index contributed by atoms with van der Waals surface area (Å²) in [6.45, 7) is 4.42. The van der Waals surface area contributed by atoms with Crippen LogP contribution in [-0.4, -0.2) is 43.7 Å². The summed E-state index contributed by atoms with van der Waals surface area (Å²) in [7, 11) is 0. The highest BCUT2D eigenvalue weighted by Crippen LogP contribution is 2.24. The van der Waals surface area contributed by atoms with E-state index in [0.29, 0.717) is 18.9 Å². The molecule has 1 aliphatic heterocycles. The van der Waals surface area contributed by atoms with Gasteiger partial charge in [0.2, 0.25) is 0 Å². The molecule has 1 aromatic heterocycles. The van der Waals surface area contributed by atoms with Crippen LogP contribution in [0.1, 0.15) is 24.1 Å². The summed E-state index contributed by atoms with van der Waals surface area (Å²) in [6.07, 6.45) is 7.80. The van der Waals surface area contributed by atoms with Crippen molar-refractivity contribution in [2.24, 2.45) is 0 Å². The van der Waals surface area contributed by atoms with E-state index in [4.69, 9.17) is 9.47 Å². The van der Waals surface area contributed by atoms with Gasteiger partial charge in [0.05, 0.1) is 0 Å². The Morgan fingerprint density at radius 2 is 1.89 bits per heavy atom. The number of amides is 1. The molecule has 150 valence electrons. The maximum atomic E-state index is 11.7. The third-order valence-electron chi connectivity index (χ3n) is 4.50. The van der Waals surface area contributed by atoms with Crippen molar-refractivity contribution in [2.75, 3.05) is 32.8 Å². The average molecular weight is 401 g/mol. The van der Waals surface area contributed by atoms with E-state index in [1.807, 2.05) is 42.5 Å². The Balaban J connectivity index is 1.26. The molecule has 2 aromatic rings. The normalized spacial score (nSPS) is 14.9. The zero-order valence-corrected chi connectivity index (χ0v) is 17.0. The SMILES string of the molecule is O=C(COc1ccccc1)NCC=CCOc1csc(CN2CCCCC2)c1. The van der Waals surface area contributed by atoms with Gasteiger partial charge in [-0.15, -0.1) is 11.3 Å². The highest BCUT2D eigenvalue weighted by Gasteiger charge is 2.11. The van der Waals surface area contributed by atoms with Crippen LogP contribution in [0.15, 0.2) is 53.9 Å². The number of benzene rings is 1. The molecule has 2 heterocycles. The number of nitrogens with one attached hydrogen (secondary N) is 1. The predicted molar refractivity (Wildman–Crippen MR) is 113 cm³/mol. The van der Waals surface area contributed by atoms with Crippen LogP contribution in [0.4, 0.5) is 0 Å². The van der Waals surface area contributed by atoms with E-state index in [9.17, 15) is 4.79 Å². The van der Waals surface area contributed by atoms with Gasteiger partial charge < -0.3 is 14.8 Å². The standard InChI is InChI=1S/C22H28N2O3S/c25-22(17-27-19-9-3-1-4-10-19)23-11-5-8-14-26-20-15-21(28-18-20)16-24-12-6-2-7-13-24/h1,3-5,8-10,15,18H,2,6-7,11-14,16-17H2,(H,23,25). The first-order chi connectivity index (χ1) is 13.8. The lowest BCUT2D eigenvalue weighted by molar-refractivity contribution is -0.122. The minimum atomic E-state index is -0.144. The molecular formula is C22H28N2O3S. The third kappa shape index (κ3) is 7.37. The number of hydrogen-bond acceptors (Lipinski definition) is 5. The second kappa shape index (κ2) is 11.5. The lowest BCUT2D eigenvalue weighted by atomic mass is 10.1. The first-order valence-electron chi connectivity index (χ1n) is 9.82. The highest BCUT2D eigenvalue weighted by molar-refractivity contribution is 7.10. The number of nitrogens with zero attached hydrogens (tertiary/aromatic N) is 1. The van der Waals surface area contributed by atoms with Crippen LogP contribution in [0.3, 0.4) is 0 Å². The fraction of sp³-hybridized carbons (Fsp3) is 0.409. The molecule has 6 heteroatoms. The van der Waals surface area contributed by atoms with Crippen molar-refractivity contribution >= 4 is 17.2 Å². The van der Waals surface area contributed by atoms with Gasteiger partial charge in [-0.3, -0.25) is 9.69 Å². The lowest BCUT2D eigenvalue weighted by Gasteiger charge is -2.25.